The van der Waals surface area contributed by atoms with Crippen LogP contribution >= 0.6 is 0 Å². The lowest BCUT2D eigenvalue weighted by Crippen LogP contribution is -2.19. The standard InChI is InChI=1S/C29H22N2O3/c32-27(21-13-6-2-7-14-21)26-25(20-11-4-1-5-12-20)31(26)29(34)23-17-10-18-24(19-23)30-28(33)22-15-8-3-9-16-22/h1-19,25-26H,(H,30,33)/t25-,26-,31?/m1/s1. The number of carbonyl (C=O) groups is 3. The van der Waals surface area contributed by atoms with Gasteiger partial charge in [0.1, 0.15) is 6.04 Å². The number of nitrogens with one attached hydrogen (secondary N) is 1. The first-order chi connectivity index (χ1) is 16.6. The average molecular weight is 447 g/mol. The minimum Gasteiger partial charge on any atom is -0.322 e. The quantitative estimate of drug-likeness (QED) is 0.319. The summed E-state index contributed by atoms with van der Waals surface area (Å²) in [6, 6.07) is 33.4. The highest BCUT2D eigenvalue weighted by atomic mass is 16.2. The van der Waals surface area contributed by atoms with Gasteiger partial charge in [-0.25, -0.2) is 0 Å². The Balaban J connectivity index is 1.40. The van der Waals surface area contributed by atoms with Crippen molar-refractivity contribution in [2.45, 2.75) is 12.1 Å². The van der Waals surface area contributed by atoms with Crippen molar-refractivity contribution in [1.82, 2.24) is 4.90 Å². The lowest BCUT2D eigenvalue weighted by Gasteiger charge is -2.09. The molecule has 0 spiro atoms. The van der Waals surface area contributed by atoms with E-state index in [1.165, 1.54) is 0 Å². The van der Waals surface area contributed by atoms with Crippen LogP contribution in [0.5, 0.6) is 0 Å². The minimum atomic E-state index is -0.570. The molecule has 0 bridgehead atoms. The predicted octanol–water partition coefficient (Wildman–Crippen LogP) is 5.39. The molecule has 2 amide bonds. The fourth-order valence-electron chi connectivity index (χ4n) is 4.19. The maximum absolute atomic E-state index is 13.5. The zero-order chi connectivity index (χ0) is 23.5. The highest BCUT2D eigenvalue weighted by Gasteiger charge is 2.56. The normalized spacial score (nSPS) is 16.5. The van der Waals surface area contributed by atoms with E-state index in [1.54, 1.807) is 65.6 Å². The first-order valence-electron chi connectivity index (χ1n) is 11.1. The second kappa shape index (κ2) is 9.16. The van der Waals surface area contributed by atoms with E-state index in [9.17, 15) is 14.4 Å². The molecule has 0 aliphatic carbocycles. The van der Waals surface area contributed by atoms with Crippen LogP contribution in [0, 0.1) is 0 Å². The van der Waals surface area contributed by atoms with Crippen molar-refractivity contribution in [3.63, 3.8) is 0 Å². The van der Waals surface area contributed by atoms with E-state index in [4.69, 9.17) is 0 Å². The summed E-state index contributed by atoms with van der Waals surface area (Å²) in [6.07, 6.45) is 0. The van der Waals surface area contributed by atoms with Crippen molar-refractivity contribution in [1.29, 1.82) is 0 Å². The molecular weight excluding hydrogens is 424 g/mol. The Hall–Kier alpha value is -4.51. The number of hydrogen-bond donors (Lipinski definition) is 1. The van der Waals surface area contributed by atoms with Crippen LogP contribution < -0.4 is 5.32 Å². The topological polar surface area (TPSA) is 66.2 Å². The van der Waals surface area contributed by atoms with Gasteiger partial charge in [-0.1, -0.05) is 84.9 Å². The van der Waals surface area contributed by atoms with E-state index in [0.717, 1.165) is 5.56 Å². The Morgan fingerprint density at radius 1 is 0.618 bits per heavy atom. The molecular formula is C29H22N2O3. The predicted molar refractivity (Wildman–Crippen MR) is 131 cm³/mol. The van der Waals surface area contributed by atoms with Gasteiger partial charge in [0.15, 0.2) is 5.78 Å². The van der Waals surface area contributed by atoms with Crippen LogP contribution in [-0.2, 0) is 0 Å². The number of amides is 2. The zero-order valence-corrected chi connectivity index (χ0v) is 18.3. The third-order valence-electron chi connectivity index (χ3n) is 5.91. The van der Waals surface area contributed by atoms with E-state index >= 15 is 0 Å². The van der Waals surface area contributed by atoms with Crippen LogP contribution in [0.3, 0.4) is 0 Å². The highest BCUT2D eigenvalue weighted by Crippen LogP contribution is 2.46. The van der Waals surface area contributed by atoms with Crippen molar-refractivity contribution in [3.8, 4) is 0 Å². The molecule has 5 rings (SSSR count). The molecule has 1 N–H and O–H groups in total. The van der Waals surface area contributed by atoms with Crippen molar-refractivity contribution >= 4 is 23.3 Å². The molecule has 5 nitrogen and oxygen atoms in total. The van der Waals surface area contributed by atoms with E-state index in [0.29, 0.717) is 22.4 Å². The largest absolute Gasteiger partial charge is 0.322 e. The number of carbonyl (C=O) groups excluding carboxylic acids is 3. The van der Waals surface area contributed by atoms with Crippen molar-refractivity contribution < 1.29 is 14.4 Å². The second-order valence-electron chi connectivity index (χ2n) is 8.14. The molecule has 0 aromatic heterocycles. The number of nitrogens with zero attached hydrogens (tertiary/aromatic N) is 1. The summed E-state index contributed by atoms with van der Waals surface area (Å²) in [7, 11) is 0. The summed E-state index contributed by atoms with van der Waals surface area (Å²) in [6.45, 7) is 0. The molecule has 4 aromatic carbocycles. The number of anilines is 1. The number of rotatable bonds is 6. The Bertz CT molecular complexity index is 1340. The van der Waals surface area contributed by atoms with Crippen molar-refractivity contribution in [3.05, 3.63) is 138 Å². The monoisotopic (exact) mass is 446 g/mol. The van der Waals surface area contributed by atoms with Crippen LogP contribution in [0.15, 0.2) is 115 Å². The lowest BCUT2D eigenvalue weighted by atomic mass is 10.0. The Labute approximate surface area is 197 Å². The van der Waals surface area contributed by atoms with Crippen LogP contribution in [0.4, 0.5) is 5.69 Å². The molecule has 1 saturated heterocycles. The third kappa shape index (κ3) is 4.24. The maximum atomic E-state index is 13.5. The SMILES string of the molecule is O=C(Nc1cccc(C(=O)N2[C@H](c3ccccc3)[C@@H]2C(=O)c2ccccc2)c1)c1ccccc1. The molecule has 1 fully saturated rings. The van der Waals surface area contributed by atoms with Crippen molar-refractivity contribution in [2.75, 3.05) is 5.32 Å². The molecule has 0 saturated carbocycles. The van der Waals surface area contributed by atoms with Gasteiger partial charge in [0.05, 0.1) is 6.04 Å². The zero-order valence-electron chi connectivity index (χ0n) is 18.3. The molecule has 5 heteroatoms. The number of Topliss-reactive ketones (excluding diaryl/α,β-unsaturated/α-hetero) is 1. The fourth-order valence-corrected chi connectivity index (χ4v) is 4.19. The fraction of sp³-hybridized carbons (Fsp3) is 0.0690. The summed E-state index contributed by atoms with van der Waals surface area (Å²) in [5.74, 6) is -0.591. The van der Waals surface area contributed by atoms with Gasteiger partial charge in [0.25, 0.3) is 11.8 Å². The van der Waals surface area contributed by atoms with E-state index in [1.807, 2.05) is 54.6 Å². The van der Waals surface area contributed by atoms with E-state index < -0.39 is 6.04 Å². The lowest BCUT2D eigenvalue weighted by molar-refractivity contribution is 0.0833. The van der Waals surface area contributed by atoms with Crippen LogP contribution in [0.25, 0.3) is 0 Å². The first-order valence-corrected chi connectivity index (χ1v) is 11.1. The summed E-state index contributed by atoms with van der Waals surface area (Å²) >= 11 is 0. The van der Waals surface area contributed by atoms with Gasteiger partial charge in [-0.15, -0.1) is 0 Å². The Morgan fingerprint density at radius 2 is 1.18 bits per heavy atom. The van der Waals surface area contributed by atoms with Gasteiger partial charge in [-0.05, 0) is 35.9 Å². The number of hydrogen-bond acceptors (Lipinski definition) is 3. The Kier molecular flexibility index (Phi) is 5.75. The highest BCUT2D eigenvalue weighted by molar-refractivity contribution is 6.09. The molecule has 0 unspecified atom stereocenters. The molecule has 0 radical (unpaired) electrons. The van der Waals surface area contributed by atoms with E-state index in [2.05, 4.69) is 5.32 Å². The van der Waals surface area contributed by atoms with Gasteiger partial charge in [0.2, 0.25) is 0 Å². The maximum Gasteiger partial charge on any atom is 0.255 e. The van der Waals surface area contributed by atoms with Gasteiger partial charge < -0.3 is 10.2 Å². The average Bonchev–Trinajstić information content (AvgIpc) is 3.65. The van der Waals surface area contributed by atoms with Crippen molar-refractivity contribution in [2.24, 2.45) is 0 Å². The van der Waals surface area contributed by atoms with Crippen LogP contribution in [-0.4, -0.2) is 28.5 Å². The third-order valence-corrected chi connectivity index (χ3v) is 5.91. The minimum absolute atomic E-state index is 0.0867. The van der Waals surface area contributed by atoms with Gasteiger partial charge in [-0.2, -0.15) is 0 Å². The van der Waals surface area contributed by atoms with Gasteiger partial charge >= 0.3 is 0 Å². The Morgan fingerprint density at radius 3 is 1.82 bits per heavy atom. The molecule has 1 aliphatic heterocycles. The smallest absolute Gasteiger partial charge is 0.255 e. The number of benzene rings is 4. The molecule has 2 atom stereocenters. The summed E-state index contributed by atoms with van der Waals surface area (Å²) < 4.78 is 0. The van der Waals surface area contributed by atoms with Crippen LogP contribution in [0.1, 0.15) is 42.7 Å². The summed E-state index contributed by atoms with van der Waals surface area (Å²) in [4.78, 5) is 40.9. The van der Waals surface area contributed by atoms with Crippen LogP contribution in [0.2, 0.25) is 0 Å². The molecule has 166 valence electrons. The molecule has 4 aromatic rings. The number of ketones is 1. The summed E-state index contributed by atoms with van der Waals surface area (Å²) in [5, 5.41) is 2.84. The van der Waals surface area contributed by atoms with Gasteiger partial charge in [0, 0.05) is 22.4 Å². The van der Waals surface area contributed by atoms with Gasteiger partial charge in [-0.3, -0.25) is 14.4 Å². The second-order valence-corrected chi connectivity index (χ2v) is 8.14. The molecule has 34 heavy (non-hydrogen) atoms. The summed E-state index contributed by atoms with van der Waals surface area (Å²) in [5.41, 5.74) is 2.95. The molecule has 1 aliphatic rings. The van der Waals surface area contributed by atoms with E-state index in [-0.39, 0.29) is 23.6 Å². The molecule has 1 heterocycles. The first kappa shape index (κ1) is 21.3.